The molecule has 0 bridgehead atoms. The van der Waals surface area contributed by atoms with Crippen LogP contribution in [0.3, 0.4) is 0 Å². The Morgan fingerprint density at radius 2 is 1.00 bits per heavy atom. The third-order valence-corrected chi connectivity index (χ3v) is 5.31. The second-order valence-electron chi connectivity index (χ2n) is 5.83. The lowest BCUT2D eigenvalue weighted by atomic mass is 9.91. The molecule has 0 saturated heterocycles. The monoisotopic (exact) mass is 504 g/mol. The number of halogens is 2. The standard InChI is InChI=1S/C21H14Br2O5/c1-27-20(25)17-15(11-3-7-13(22)8-4-11)16(12-5-9-14(23)10-6-12)18(19(17)24)21(26)28-2/h3-10H,1-2H3. The molecule has 0 heterocycles. The molecule has 0 fully saturated rings. The number of methoxy groups -OCH3 is 2. The normalized spacial score (nSPS) is 13.8. The van der Waals surface area contributed by atoms with E-state index in [9.17, 15) is 14.4 Å². The number of allylic oxidation sites excluding steroid dienone is 2. The van der Waals surface area contributed by atoms with Gasteiger partial charge in [0.15, 0.2) is 0 Å². The van der Waals surface area contributed by atoms with Crippen molar-refractivity contribution in [1.29, 1.82) is 0 Å². The van der Waals surface area contributed by atoms with Crippen LogP contribution in [0.5, 0.6) is 0 Å². The lowest BCUT2D eigenvalue weighted by Crippen LogP contribution is -2.18. The van der Waals surface area contributed by atoms with E-state index in [1.165, 1.54) is 14.2 Å². The highest BCUT2D eigenvalue weighted by Gasteiger charge is 2.41. The second-order valence-corrected chi connectivity index (χ2v) is 7.66. The molecule has 142 valence electrons. The number of ether oxygens (including phenoxy) is 2. The number of hydrogen-bond donors (Lipinski definition) is 0. The molecule has 0 unspecified atom stereocenters. The molecule has 0 aromatic heterocycles. The maximum Gasteiger partial charge on any atom is 0.342 e. The number of rotatable bonds is 4. The van der Waals surface area contributed by atoms with E-state index in [0.29, 0.717) is 22.3 Å². The summed E-state index contributed by atoms with van der Waals surface area (Å²) in [5, 5.41) is 0. The van der Waals surface area contributed by atoms with Crippen molar-refractivity contribution >= 4 is 60.7 Å². The predicted molar refractivity (Wildman–Crippen MR) is 111 cm³/mol. The maximum atomic E-state index is 13.1. The summed E-state index contributed by atoms with van der Waals surface area (Å²) in [6, 6.07) is 14.2. The lowest BCUT2D eigenvalue weighted by Gasteiger charge is -2.12. The molecule has 0 N–H and O–H groups in total. The Hall–Kier alpha value is -2.51. The smallest absolute Gasteiger partial charge is 0.342 e. The van der Waals surface area contributed by atoms with Crippen molar-refractivity contribution in [3.63, 3.8) is 0 Å². The van der Waals surface area contributed by atoms with Crippen molar-refractivity contribution in [1.82, 2.24) is 0 Å². The Morgan fingerprint density at radius 3 is 1.29 bits per heavy atom. The fourth-order valence-electron chi connectivity index (χ4n) is 3.01. The summed E-state index contributed by atoms with van der Waals surface area (Å²) in [4.78, 5) is 38.0. The van der Waals surface area contributed by atoms with Crippen molar-refractivity contribution in [3.8, 4) is 0 Å². The van der Waals surface area contributed by atoms with Crippen LogP contribution in [0.15, 0.2) is 68.6 Å². The van der Waals surface area contributed by atoms with Crippen molar-refractivity contribution in [2.24, 2.45) is 0 Å². The number of Topliss-reactive ketones (excluding diaryl/α,β-unsaturated/α-hetero) is 1. The highest BCUT2D eigenvalue weighted by atomic mass is 79.9. The topological polar surface area (TPSA) is 69.7 Å². The maximum absolute atomic E-state index is 13.1. The van der Waals surface area contributed by atoms with Gasteiger partial charge in [0.25, 0.3) is 0 Å². The first kappa shape index (κ1) is 20.2. The Bertz CT molecular complexity index is 948. The number of hydrogen-bond acceptors (Lipinski definition) is 5. The SMILES string of the molecule is COC(=O)C1=C(c2ccc(Br)cc2)C(c2ccc(Br)cc2)=C(C(=O)OC)C1=O. The van der Waals surface area contributed by atoms with Gasteiger partial charge in [-0.3, -0.25) is 4.79 Å². The van der Waals surface area contributed by atoms with E-state index in [0.717, 1.165) is 8.95 Å². The van der Waals surface area contributed by atoms with Crippen LogP contribution in [0.1, 0.15) is 11.1 Å². The van der Waals surface area contributed by atoms with Crippen molar-refractivity contribution < 1.29 is 23.9 Å². The first-order valence-corrected chi connectivity index (χ1v) is 9.69. The van der Waals surface area contributed by atoms with E-state index >= 15 is 0 Å². The summed E-state index contributed by atoms with van der Waals surface area (Å²) >= 11 is 6.74. The minimum absolute atomic E-state index is 0.192. The van der Waals surface area contributed by atoms with Gasteiger partial charge in [0.2, 0.25) is 5.78 Å². The van der Waals surface area contributed by atoms with Crippen LogP contribution < -0.4 is 0 Å². The third-order valence-electron chi connectivity index (χ3n) is 4.25. The molecule has 2 aromatic carbocycles. The van der Waals surface area contributed by atoms with E-state index in [1.807, 2.05) is 0 Å². The summed E-state index contributed by atoms with van der Waals surface area (Å²) in [5.41, 5.74) is 1.51. The van der Waals surface area contributed by atoms with E-state index < -0.39 is 17.7 Å². The van der Waals surface area contributed by atoms with Gasteiger partial charge in [0.05, 0.1) is 14.2 Å². The van der Waals surface area contributed by atoms with Crippen LogP contribution in [0.25, 0.3) is 11.1 Å². The van der Waals surface area contributed by atoms with E-state index in [4.69, 9.17) is 9.47 Å². The summed E-state index contributed by atoms with van der Waals surface area (Å²) in [6.45, 7) is 0. The molecule has 28 heavy (non-hydrogen) atoms. The van der Waals surface area contributed by atoms with E-state index in [1.54, 1.807) is 48.5 Å². The summed E-state index contributed by atoms with van der Waals surface area (Å²) in [6.07, 6.45) is 0. The number of carbonyl (C=O) groups is 3. The molecule has 1 aliphatic rings. The average molecular weight is 506 g/mol. The van der Waals surface area contributed by atoms with Crippen LogP contribution in [0.2, 0.25) is 0 Å². The first-order valence-electron chi connectivity index (χ1n) is 8.11. The van der Waals surface area contributed by atoms with Gasteiger partial charge in [-0.25, -0.2) is 9.59 Å². The molecule has 0 saturated carbocycles. The predicted octanol–water partition coefficient (Wildman–Crippen LogP) is 4.35. The largest absolute Gasteiger partial charge is 0.465 e. The third kappa shape index (κ3) is 3.59. The van der Waals surface area contributed by atoms with Crippen LogP contribution in [0.4, 0.5) is 0 Å². The summed E-state index contributed by atoms with van der Waals surface area (Å²) in [5.74, 6) is -2.33. The molecular weight excluding hydrogens is 492 g/mol. The second kappa shape index (κ2) is 8.24. The number of ketones is 1. The molecule has 7 heteroatoms. The zero-order valence-corrected chi connectivity index (χ0v) is 18.1. The average Bonchev–Trinajstić information content (AvgIpc) is 3.01. The van der Waals surface area contributed by atoms with Gasteiger partial charge >= 0.3 is 11.9 Å². The Labute approximate surface area is 178 Å². The van der Waals surface area contributed by atoms with Gasteiger partial charge in [-0.05, 0) is 35.4 Å². The molecule has 0 amide bonds. The Balaban J connectivity index is 2.37. The van der Waals surface area contributed by atoms with Crippen LogP contribution >= 0.6 is 31.9 Å². The molecule has 0 aliphatic heterocycles. The van der Waals surface area contributed by atoms with Gasteiger partial charge < -0.3 is 9.47 Å². The van der Waals surface area contributed by atoms with Crippen LogP contribution in [-0.2, 0) is 23.9 Å². The molecule has 1 aliphatic carbocycles. The number of benzene rings is 2. The lowest BCUT2D eigenvalue weighted by molar-refractivity contribution is -0.138. The minimum atomic E-state index is -0.809. The van der Waals surface area contributed by atoms with Crippen LogP contribution in [-0.4, -0.2) is 31.9 Å². The molecule has 0 atom stereocenters. The fourth-order valence-corrected chi connectivity index (χ4v) is 3.53. The fraction of sp³-hybridized carbons (Fsp3) is 0.0952. The Kier molecular flexibility index (Phi) is 5.96. The number of carbonyl (C=O) groups excluding carboxylic acids is 3. The Morgan fingerprint density at radius 1 is 0.679 bits per heavy atom. The van der Waals surface area contributed by atoms with Crippen molar-refractivity contribution in [2.45, 2.75) is 0 Å². The quantitative estimate of drug-likeness (QED) is 0.456. The molecular formula is C21H14Br2O5. The van der Waals surface area contributed by atoms with Gasteiger partial charge in [-0.2, -0.15) is 0 Å². The van der Waals surface area contributed by atoms with Crippen molar-refractivity contribution in [2.75, 3.05) is 14.2 Å². The van der Waals surface area contributed by atoms with Gasteiger partial charge in [-0.1, -0.05) is 56.1 Å². The van der Waals surface area contributed by atoms with E-state index in [2.05, 4.69) is 31.9 Å². The minimum Gasteiger partial charge on any atom is -0.465 e. The summed E-state index contributed by atoms with van der Waals surface area (Å²) in [7, 11) is 2.38. The highest BCUT2D eigenvalue weighted by molar-refractivity contribution is 9.10. The van der Waals surface area contributed by atoms with E-state index in [-0.39, 0.29) is 11.1 Å². The zero-order valence-electron chi connectivity index (χ0n) is 14.9. The van der Waals surface area contributed by atoms with Gasteiger partial charge in [0, 0.05) is 20.1 Å². The van der Waals surface area contributed by atoms with Crippen LogP contribution in [0, 0.1) is 0 Å². The zero-order chi connectivity index (χ0) is 20.4. The molecule has 3 rings (SSSR count). The highest BCUT2D eigenvalue weighted by Crippen LogP contribution is 2.44. The van der Waals surface area contributed by atoms with Gasteiger partial charge in [-0.15, -0.1) is 0 Å². The summed E-state index contributed by atoms with van der Waals surface area (Å²) < 4.78 is 11.3. The first-order chi connectivity index (χ1) is 13.4. The molecule has 2 aromatic rings. The van der Waals surface area contributed by atoms with Gasteiger partial charge in [0.1, 0.15) is 11.1 Å². The molecule has 0 radical (unpaired) electrons. The number of esters is 2. The molecule has 0 spiro atoms. The van der Waals surface area contributed by atoms with Crippen molar-refractivity contribution in [3.05, 3.63) is 79.7 Å². The molecule has 5 nitrogen and oxygen atoms in total.